The summed E-state index contributed by atoms with van der Waals surface area (Å²) in [6, 6.07) is 16.3. The number of carbonyl (C=O) groups is 1. The molecule has 3 aromatic rings. The minimum atomic E-state index is -0.403. The monoisotopic (exact) mass is 340 g/mol. The van der Waals surface area contributed by atoms with E-state index in [0.717, 1.165) is 5.56 Å². The first kappa shape index (κ1) is 16.9. The largest absolute Gasteiger partial charge is 0.396 e. The molecule has 0 bridgehead atoms. The van der Waals surface area contributed by atoms with Crippen LogP contribution in [0.15, 0.2) is 65.2 Å². The summed E-state index contributed by atoms with van der Waals surface area (Å²) in [4.78, 5) is 12.4. The number of aliphatic hydroxyl groups is 1. The molecule has 3 rings (SSSR count). The van der Waals surface area contributed by atoms with Gasteiger partial charge in [-0.2, -0.15) is 0 Å². The number of rotatable bonds is 6. The molecule has 0 aliphatic rings. The van der Waals surface area contributed by atoms with E-state index < -0.39 is 5.91 Å². The highest BCUT2D eigenvalue weighted by Crippen LogP contribution is 2.22. The zero-order chi connectivity index (χ0) is 17.6. The van der Waals surface area contributed by atoms with Crippen LogP contribution in [-0.2, 0) is 0 Å². The maximum Gasteiger partial charge on any atom is 0.273 e. The molecule has 25 heavy (non-hydrogen) atoms. The molecule has 0 aliphatic carbocycles. The highest BCUT2D eigenvalue weighted by atomic mass is 19.1. The van der Waals surface area contributed by atoms with Gasteiger partial charge in [0.2, 0.25) is 0 Å². The van der Waals surface area contributed by atoms with Crippen molar-refractivity contribution in [1.82, 2.24) is 10.5 Å². The topological polar surface area (TPSA) is 75.4 Å². The van der Waals surface area contributed by atoms with Gasteiger partial charge in [-0.15, -0.1) is 0 Å². The van der Waals surface area contributed by atoms with Crippen LogP contribution in [-0.4, -0.2) is 22.8 Å². The molecule has 2 N–H and O–H groups in total. The number of hydrogen-bond acceptors (Lipinski definition) is 4. The maximum absolute atomic E-state index is 13.0. The van der Waals surface area contributed by atoms with Gasteiger partial charge in [-0.05, 0) is 36.2 Å². The smallest absolute Gasteiger partial charge is 0.273 e. The lowest BCUT2D eigenvalue weighted by molar-refractivity contribution is 0.0921. The van der Waals surface area contributed by atoms with Crippen LogP contribution in [0.4, 0.5) is 4.39 Å². The van der Waals surface area contributed by atoms with Gasteiger partial charge in [0.05, 0.1) is 6.04 Å². The van der Waals surface area contributed by atoms with Crippen molar-refractivity contribution in [2.24, 2.45) is 0 Å². The lowest BCUT2D eigenvalue weighted by Gasteiger charge is -2.17. The molecule has 0 fully saturated rings. The molecule has 0 aliphatic heterocycles. The van der Waals surface area contributed by atoms with Gasteiger partial charge < -0.3 is 14.9 Å². The molecule has 1 unspecified atom stereocenters. The van der Waals surface area contributed by atoms with E-state index in [4.69, 9.17) is 4.52 Å². The van der Waals surface area contributed by atoms with E-state index in [2.05, 4.69) is 10.5 Å². The molecule has 128 valence electrons. The van der Waals surface area contributed by atoms with Crippen LogP contribution in [0.1, 0.15) is 28.5 Å². The number of carbonyl (C=O) groups excluding carboxylic acids is 1. The lowest BCUT2D eigenvalue weighted by atomic mass is 10.0. The van der Waals surface area contributed by atoms with Crippen molar-refractivity contribution in [2.45, 2.75) is 12.5 Å². The summed E-state index contributed by atoms with van der Waals surface area (Å²) >= 11 is 0. The zero-order valence-corrected chi connectivity index (χ0v) is 13.4. The molecule has 2 aromatic carbocycles. The Morgan fingerprint density at radius 2 is 1.88 bits per heavy atom. The molecule has 0 radical (unpaired) electrons. The van der Waals surface area contributed by atoms with Crippen LogP contribution in [0, 0.1) is 5.82 Å². The highest BCUT2D eigenvalue weighted by molar-refractivity contribution is 5.93. The predicted octanol–water partition coefficient (Wildman–Crippen LogP) is 3.33. The first-order valence-electron chi connectivity index (χ1n) is 7.86. The molecule has 6 heteroatoms. The standard InChI is InChI=1S/C19H17FN2O3/c20-15-8-6-14(7-9-15)18-12-17(22-25-18)19(24)21-16(10-11-23)13-4-2-1-3-5-13/h1-9,12,16,23H,10-11H2,(H,21,24). The van der Waals surface area contributed by atoms with Crippen molar-refractivity contribution in [1.29, 1.82) is 0 Å². The van der Waals surface area contributed by atoms with Crippen LogP contribution in [0.5, 0.6) is 0 Å². The fourth-order valence-corrected chi connectivity index (χ4v) is 2.50. The van der Waals surface area contributed by atoms with Crippen molar-refractivity contribution in [2.75, 3.05) is 6.61 Å². The van der Waals surface area contributed by atoms with Gasteiger partial charge in [0.15, 0.2) is 11.5 Å². The number of nitrogens with one attached hydrogen (secondary N) is 1. The molecular formula is C19H17FN2O3. The van der Waals surface area contributed by atoms with Crippen LogP contribution >= 0.6 is 0 Å². The zero-order valence-electron chi connectivity index (χ0n) is 13.4. The Bertz CT molecular complexity index is 831. The number of aliphatic hydroxyl groups excluding tert-OH is 1. The first-order valence-corrected chi connectivity index (χ1v) is 7.86. The fourth-order valence-electron chi connectivity index (χ4n) is 2.50. The van der Waals surface area contributed by atoms with Gasteiger partial charge in [0.25, 0.3) is 5.91 Å². The lowest BCUT2D eigenvalue weighted by Crippen LogP contribution is -2.29. The van der Waals surface area contributed by atoms with Gasteiger partial charge in [-0.25, -0.2) is 4.39 Å². The summed E-state index contributed by atoms with van der Waals surface area (Å²) in [6.45, 7) is -0.0561. The second kappa shape index (κ2) is 7.72. The van der Waals surface area contributed by atoms with E-state index in [-0.39, 0.29) is 24.2 Å². The Balaban J connectivity index is 1.75. The Hall–Kier alpha value is -2.99. The molecule has 1 amide bonds. The van der Waals surface area contributed by atoms with Gasteiger partial charge in [0, 0.05) is 18.2 Å². The predicted molar refractivity (Wildman–Crippen MR) is 90.2 cm³/mol. The quantitative estimate of drug-likeness (QED) is 0.722. The summed E-state index contributed by atoms with van der Waals surface area (Å²) in [5, 5.41) is 15.9. The maximum atomic E-state index is 13.0. The van der Waals surface area contributed by atoms with Gasteiger partial charge >= 0.3 is 0 Å². The third-order valence-corrected chi connectivity index (χ3v) is 3.80. The minimum absolute atomic E-state index is 0.0561. The van der Waals surface area contributed by atoms with Crippen LogP contribution < -0.4 is 5.32 Å². The molecule has 5 nitrogen and oxygen atoms in total. The summed E-state index contributed by atoms with van der Waals surface area (Å²) in [5.74, 6) is -0.376. The number of amides is 1. The average Bonchev–Trinajstić information content (AvgIpc) is 3.13. The molecule has 1 aromatic heterocycles. The number of hydrogen-bond donors (Lipinski definition) is 2. The Morgan fingerprint density at radius 1 is 1.16 bits per heavy atom. The van der Waals surface area contributed by atoms with Gasteiger partial charge in [0.1, 0.15) is 5.82 Å². The van der Waals surface area contributed by atoms with Crippen LogP contribution in [0.25, 0.3) is 11.3 Å². The summed E-state index contributed by atoms with van der Waals surface area (Å²) in [6.07, 6.45) is 0.387. The summed E-state index contributed by atoms with van der Waals surface area (Å²) in [5.41, 5.74) is 1.65. The van der Waals surface area contributed by atoms with E-state index in [1.807, 2.05) is 30.3 Å². The van der Waals surface area contributed by atoms with E-state index >= 15 is 0 Å². The molecular weight excluding hydrogens is 323 g/mol. The molecule has 0 spiro atoms. The van der Waals surface area contributed by atoms with Gasteiger partial charge in [-0.1, -0.05) is 35.5 Å². The third kappa shape index (κ3) is 4.10. The highest BCUT2D eigenvalue weighted by Gasteiger charge is 2.19. The number of benzene rings is 2. The SMILES string of the molecule is O=C(NC(CCO)c1ccccc1)c1cc(-c2ccc(F)cc2)on1. The number of nitrogens with zero attached hydrogens (tertiary/aromatic N) is 1. The minimum Gasteiger partial charge on any atom is -0.396 e. The van der Waals surface area contributed by atoms with Crippen molar-refractivity contribution < 1.29 is 18.8 Å². The Labute approximate surface area is 144 Å². The molecule has 1 heterocycles. The molecule has 0 saturated heterocycles. The van der Waals surface area contributed by atoms with E-state index in [1.54, 1.807) is 12.1 Å². The van der Waals surface area contributed by atoms with Crippen molar-refractivity contribution in [3.05, 3.63) is 77.7 Å². The Kier molecular flexibility index (Phi) is 5.20. The van der Waals surface area contributed by atoms with Gasteiger partial charge in [-0.3, -0.25) is 4.79 Å². The molecule has 1 atom stereocenters. The average molecular weight is 340 g/mol. The van der Waals surface area contributed by atoms with Crippen molar-refractivity contribution in [3.8, 4) is 11.3 Å². The van der Waals surface area contributed by atoms with E-state index in [9.17, 15) is 14.3 Å². The third-order valence-electron chi connectivity index (χ3n) is 3.80. The Morgan fingerprint density at radius 3 is 2.56 bits per heavy atom. The molecule has 0 saturated carbocycles. The second-order valence-corrected chi connectivity index (χ2v) is 5.53. The number of halogens is 1. The summed E-state index contributed by atoms with van der Waals surface area (Å²) in [7, 11) is 0. The fraction of sp³-hybridized carbons (Fsp3) is 0.158. The van der Waals surface area contributed by atoms with Crippen molar-refractivity contribution >= 4 is 5.91 Å². The van der Waals surface area contributed by atoms with Crippen LogP contribution in [0.3, 0.4) is 0 Å². The van der Waals surface area contributed by atoms with Crippen molar-refractivity contribution in [3.63, 3.8) is 0 Å². The summed E-state index contributed by atoms with van der Waals surface area (Å²) < 4.78 is 18.2. The second-order valence-electron chi connectivity index (χ2n) is 5.53. The van der Waals surface area contributed by atoms with Crippen LogP contribution in [0.2, 0.25) is 0 Å². The van der Waals surface area contributed by atoms with E-state index in [0.29, 0.717) is 17.7 Å². The number of aromatic nitrogens is 1. The van der Waals surface area contributed by atoms with E-state index in [1.165, 1.54) is 18.2 Å². The normalized spacial score (nSPS) is 11.9. The first-order chi connectivity index (χ1) is 12.2.